The van der Waals surface area contributed by atoms with Crippen LogP contribution in [-0.2, 0) is 0 Å². The maximum Gasteiger partial charge on any atom is 0.196 e. The zero-order chi connectivity index (χ0) is 16.7. The van der Waals surface area contributed by atoms with Gasteiger partial charge in [-0.15, -0.1) is 0 Å². The van der Waals surface area contributed by atoms with Crippen LogP contribution in [-0.4, -0.2) is 23.7 Å². The van der Waals surface area contributed by atoms with Crippen molar-refractivity contribution in [3.8, 4) is 0 Å². The van der Waals surface area contributed by atoms with Crippen molar-refractivity contribution in [3.05, 3.63) is 64.7 Å². The molecular formula is C20H20N2O2. The highest BCUT2D eigenvalue weighted by atomic mass is 16.1. The zero-order valence-corrected chi connectivity index (χ0v) is 13.4. The molecule has 1 fully saturated rings. The van der Waals surface area contributed by atoms with Crippen molar-refractivity contribution in [1.29, 1.82) is 0 Å². The van der Waals surface area contributed by atoms with Gasteiger partial charge in [-0.1, -0.05) is 36.4 Å². The van der Waals surface area contributed by atoms with Crippen LogP contribution in [0.25, 0.3) is 0 Å². The summed E-state index contributed by atoms with van der Waals surface area (Å²) in [7, 11) is 0. The lowest BCUT2D eigenvalue weighted by atomic mass is 9.83. The van der Waals surface area contributed by atoms with Crippen LogP contribution in [0.4, 0.5) is 5.69 Å². The summed E-state index contributed by atoms with van der Waals surface area (Å²) in [4.78, 5) is 25.7. The molecule has 0 atom stereocenters. The van der Waals surface area contributed by atoms with E-state index in [-0.39, 0.29) is 17.6 Å². The first-order valence-electron chi connectivity index (χ1n) is 8.48. The van der Waals surface area contributed by atoms with E-state index in [1.54, 1.807) is 30.3 Å². The summed E-state index contributed by atoms with van der Waals surface area (Å²) < 4.78 is 0. The molecule has 0 heterocycles. The third-order valence-corrected chi connectivity index (χ3v) is 5.08. The molecule has 1 saturated carbocycles. The van der Waals surface area contributed by atoms with Crippen molar-refractivity contribution >= 4 is 17.3 Å². The first-order valence-corrected chi connectivity index (χ1v) is 8.48. The average molecular weight is 320 g/mol. The molecule has 4 nitrogen and oxygen atoms in total. The van der Waals surface area contributed by atoms with Crippen LogP contribution in [0.2, 0.25) is 0 Å². The van der Waals surface area contributed by atoms with E-state index in [0.717, 1.165) is 31.4 Å². The summed E-state index contributed by atoms with van der Waals surface area (Å²) in [6.07, 6.45) is 3.96. The molecule has 4 heteroatoms. The van der Waals surface area contributed by atoms with E-state index in [2.05, 4.69) is 5.32 Å². The number of hydrogen-bond acceptors (Lipinski definition) is 4. The molecule has 2 aliphatic rings. The lowest BCUT2D eigenvalue weighted by molar-refractivity contribution is 0.0979. The van der Waals surface area contributed by atoms with Crippen LogP contribution in [0, 0.1) is 0 Å². The van der Waals surface area contributed by atoms with Gasteiger partial charge in [0, 0.05) is 34.5 Å². The van der Waals surface area contributed by atoms with Gasteiger partial charge >= 0.3 is 0 Å². The summed E-state index contributed by atoms with van der Waals surface area (Å²) in [6, 6.07) is 13.1. The maximum absolute atomic E-state index is 13.0. The molecule has 2 aromatic rings. The first kappa shape index (κ1) is 15.1. The normalized spacial score (nSPS) is 22.7. The summed E-state index contributed by atoms with van der Waals surface area (Å²) in [5, 5.41) is 3.48. The number of carbonyl (C=O) groups excluding carboxylic acids is 2. The van der Waals surface area contributed by atoms with Crippen molar-refractivity contribution in [3.63, 3.8) is 0 Å². The number of carbonyl (C=O) groups is 2. The van der Waals surface area contributed by atoms with Crippen LogP contribution in [0.15, 0.2) is 42.5 Å². The Morgan fingerprint density at radius 2 is 1.42 bits per heavy atom. The molecule has 3 N–H and O–H groups in total. The molecule has 0 saturated heterocycles. The summed E-state index contributed by atoms with van der Waals surface area (Å²) >= 11 is 0. The van der Waals surface area contributed by atoms with Crippen LogP contribution in [0.1, 0.15) is 57.5 Å². The topological polar surface area (TPSA) is 72.2 Å². The molecule has 0 spiro atoms. The summed E-state index contributed by atoms with van der Waals surface area (Å²) in [5.41, 5.74) is 8.73. The SMILES string of the molecule is NC1CCC(Nc2cccc3c2C(=O)c2ccccc2C3=O)CC1. The third-order valence-electron chi connectivity index (χ3n) is 5.08. The minimum atomic E-state index is -0.0745. The lowest BCUT2D eigenvalue weighted by Gasteiger charge is -2.29. The van der Waals surface area contributed by atoms with Crippen molar-refractivity contribution < 1.29 is 9.59 Å². The number of ketones is 2. The molecule has 0 aliphatic heterocycles. The van der Waals surface area contributed by atoms with Gasteiger partial charge in [0.05, 0.1) is 5.56 Å². The molecule has 0 amide bonds. The van der Waals surface area contributed by atoms with Crippen LogP contribution >= 0.6 is 0 Å². The molecular weight excluding hydrogens is 300 g/mol. The van der Waals surface area contributed by atoms with Gasteiger partial charge in [0.25, 0.3) is 0 Å². The fraction of sp³-hybridized carbons (Fsp3) is 0.300. The molecule has 24 heavy (non-hydrogen) atoms. The highest BCUT2D eigenvalue weighted by molar-refractivity contribution is 6.30. The second-order valence-electron chi connectivity index (χ2n) is 6.69. The Labute approximate surface area is 141 Å². The van der Waals surface area contributed by atoms with Gasteiger partial charge < -0.3 is 11.1 Å². The first-order chi connectivity index (χ1) is 11.6. The lowest BCUT2D eigenvalue weighted by Crippen LogP contribution is -2.33. The van der Waals surface area contributed by atoms with Gasteiger partial charge in [-0.05, 0) is 31.7 Å². The van der Waals surface area contributed by atoms with Crippen LogP contribution in [0.3, 0.4) is 0 Å². The molecule has 0 aromatic heterocycles. The number of hydrogen-bond donors (Lipinski definition) is 2. The fourth-order valence-corrected chi connectivity index (χ4v) is 3.75. The van der Waals surface area contributed by atoms with E-state index in [9.17, 15) is 9.59 Å². The Morgan fingerprint density at radius 1 is 0.792 bits per heavy atom. The zero-order valence-electron chi connectivity index (χ0n) is 13.4. The van der Waals surface area contributed by atoms with E-state index in [4.69, 9.17) is 5.73 Å². The van der Waals surface area contributed by atoms with Crippen molar-refractivity contribution in [2.75, 3.05) is 5.32 Å². The smallest absolute Gasteiger partial charge is 0.196 e. The Balaban J connectivity index is 1.72. The second kappa shape index (κ2) is 5.87. The van der Waals surface area contributed by atoms with Crippen molar-refractivity contribution in [2.45, 2.75) is 37.8 Å². The number of anilines is 1. The van der Waals surface area contributed by atoms with E-state index in [1.807, 2.05) is 12.1 Å². The molecule has 2 aromatic carbocycles. The molecule has 0 radical (unpaired) electrons. The second-order valence-corrected chi connectivity index (χ2v) is 6.69. The van der Waals surface area contributed by atoms with E-state index < -0.39 is 0 Å². The van der Waals surface area contributed by atoms with Crippen molar-refractivity contribution in [2.24, 2.45) is 5.73 Å². The summed E-state index contributed by atoms with van der Waals surface area (Å²) in [5.74, 6) is -0.148. The molecule has 0 unspecified atom stereocenters. The van der Waals surface area contributed by atoms with Crippen LogP contribution < -0.4 is 11.1 Å². The Hall–Kier alpha value is -2.46. The van der Waals surface area contributed by atoms with Gasteiger partial charge in [0.15, 0.2) is 11.6 Å². The predicted octanol–water partition coefficient (Wildman–Crippen LogP) is 3.14. The van der Waals surface area contributed by atoms with E-state index in [1.165, 1.54) is 0 Å². The average Bonchev–Trinajstić information content (AvgIpc) is 2.61. The minimum Gasteiger partial charge on any atom is -0.382 e. The van der Waals surface area contributed by atoms with Crippen LogP contribution in [0.5, 0.6) is 0 Å². The minimum absolute atomic E-state index is 0.0733. The number of fused-ring (bicyclic) bond motifs is 2. The molecule has 4 rings (SSSR count). The van der Waals surface area contributed by atoms with E-state index >= 15 is 0 Å². The highest BCUT2D eigenvalue weighted by Crippen LogP contribution is 2.33. The van der Waals surface area contributed by atoms with Gasteiger partial charge in [-0.25, -0.2) is 0 Å². The van der Waals surface area contributed by atoms with Crippen molar-refractivity contribution in [1.82, 2.24) is 0 Å². The maximum atomic E-state index is 13.0. The fourth-order valence-electron chi connectivity index (χ4n) is 3.75. The molecule has 0 bridgehead atoms. The highest BCUT2D eigenvalue weighted by Gasteiger charge is 2.32. The Morgan fingerprint density at radius 3 is 2.12 bits per heavy atom. The third kappa shape index (κ3) is 2.43. The molecule has 2 aliphatic carbocycles. The monoisotopic (exact) mass is 320 g/mol. The molecule has 122 valence electrons. The number of nitrogens with two attached hydrogens (primary N) is 1. The van der Waals surface area contributed by atoms with Gasteiger partial charge in [-0.3, -0.25) is 9.59 Å². The largest absolute Gasteiger partial charge is 0.382 e. The summed E-state index contributed by atoms with van der Waals surface area (Å²) in [6.45, 7) is 0. The van der Waals surface area contributed by atoms with Gasteiger partial charge in [-0.2, -0.15) is 0 Å². The Kier molecular flexibility index (Phi) is 3.69. The number of nitrogens with one attached hydrogen (secondary N) is 1. The van der Waals surface area contributed by atoms with Gasteiger partial charge in [0.2, 0.25) is 0 Å². The van der Waals surface area contributed by atoms with Gasteiger partial charge in [0.1, 0.15) is 0 Å². The standard InChI is InChI=1S/C20H20N2O2/c21-12-8-10-13(11-9-12)22-17-7-3-6-16-18(17)20(24)15-5-2-1-4-14(15)19(16)23/h1-7,12-13,22H,8-11,21H2. The van der Waals surface area contributed by atoms with E-state index in [0.29, 0.717) is 28.3 Å². The predicted molar refractivity (Wildman–Crippen MR) is 93.6 cm³/mol. The Bertz CT molecular complexity index is 820. The number of benzene rings is 2. The number of rotatable bonds is 2. The quantitative estimate of drug-likeness (QED) is 0.761.